The number of nitrogens with two attached hydrogens (primary N) is 1. The summed E-state index contributed by atoms with van der Waals surface area (Å²) in [5, 5.41) is 4.06. The Morgan fingerprint density at radius 3 is 2.88 bits per heavy atom. The third kappa shape index (κ3) is 3.38. The van der Waals surface area contributed by atoms with Crippen molar-refractivity contribution < 1.29 is 14.0 Å². The van der Waals surface area contributed by atoms with Crippen LogP contribution < -0.4 is 11.1 Å². The van der Waals surface area contributed by atoms with Crippen LogP contribution in [0, 0.1) is 11.7 Å². The number of nitrogens with zero attached hydrogens (tertiary/aromatic N) is 5. The monoisotopic (exact) mass is 523 g/mol. The molecule has 0 spiro atoms. The molecule has 11 heteroatoms. The number of piperidine rings is 1. The number of nitrogens with one attached hydrogen (secondary N) is 1. The Balaban J connectivity index is 1.33. The van der Waals surface area contributed by atoms with Crippen LogP contribution in [-0.4, -0.2) is 48.3 Å². The van der Waals surface area contributed by atoms with Gasteiger partial charge < -0.3 is 20.5 Å². The first-order chi connectivity index (χ1) is 16.4. The number of halogens is 2. The van der Waals surface area contributed by atoms with Gasteiger partial charge in [0.25, 0.3) is 0 Å². The summed E-state index contributed by atoms with van der Waals surface area (Å²) in [4.78, 5) is 40.9. The quantitative estimate of drug-likeness (QED) is 0.396. The second kappa shape index (κ2) is 7.73. The zero-order valence-corrected chi connectivity index (χ0v) is 19.4. The Hall–Kier alpha value is -3.60. The lowest BCUT2D eigenvalue weighted by atomic mass is 10.1. The molecule has 6 rings (SSSR count). The minimum absolute atomic E-state index is 0.0308. The van der Waals surface area contributed by atoms with Gasteiger partial charge in [0.2, 0.25) is 11.8 Å². The van der Waals surface area contributed by atoms with Crippen molar-refractivity contribution in [1.82, 2.24) is 24.4 Å². The lowest BCUT2D eigenvalue weighted by molar-refractivity contribution is -0.138. The second-order valence-electron chi connectivity index (χ2n) is 8.66. The minimum atomic E-state index is -0.596. The fourth-order valence-electron chi connectivity index (χ4n) is 5.02. The maximum absolute atomic E-state index is 14.1. The highest BCUT2D eigenvalue weighted by Gasteiger charge is 2.56. The van der Waals surface area contributed by atoms with Crippen LogP contribution in [0.25, 0.3) is 21.9 Å². The predicted molar refractivity (Wildman–Crippen MR) is 127 cm³/mol. The molecule has 1 saturated carbocycles. The number of aromatic nitrogens is 4. The van der Waals surface area contributed by atoms with Gasteiger partial charge in [-0.15, -0.1) is 0 Å². The van der Waals surface area contributed by atoms with Crippen LogP contribution >= 0.6 is 15.9 Å². The van der Waals surface area contributed by atoms with E-state index < -0.39 is 11.9 Å². The molecule has 2 aliphatic rings. The fraction of sp³-hybridized carbons (Fsp3) is 0.261. The second-order valence-corrected chi connectivity index (χ2v) is 9.47. The number of hydrogen-bond acceptors (Lipinski definition) is 6. The SMILES string of the molecule is Nc1ncnc2c1c1ccc(F)cc1n2CC(=O)N1[C@@H]2C[C@@H]2C[C@H]1C(=O)Nc1cccc(Br)n1. The number of amides is 2. The molecule has 2 amide bonds. The van der Waals surface area contributed by atoms with E-state index in [4.69, 9.17) is 5.73 Å². The zero-order valence-electron chi connectivity index (χ0n) is 17.8. The molecule has 1 aromatic carbocycles. The van der Waals surface area contributed by atoms with Crippen molar-refractivity contribution in [2.45, 2.75) is 31.5 Å². The maximum atomic E-state index is 14.1. The van der Waals surface area contributed by atoms with Crippen molar-refractivity contribution in [3.8, 4) is 0 Å². The molecule has 0 radical (unpaired) electrons. The molecule has 1 saturated heterocycles. The van der Waals surface area contributed by atoms with Crippen LogP contribution in [0.4, 0.5) is 16.0 Å². The Bertz CT molecular complexity index is 1490. The Morgan fingerprint density at radius 2 is 2.06 bits per heavy atom. The summed E-state index contributed by atoms with van der Waals surface area (Å²) in [6.45, 7) is -0.0952. The van der Waals surface area contributed by atoms with E-state index in [2.05, 4.69) is 36.2 Å². The molecular weight excluding hydrogens is 505 g/mol. The van der Waals surface area contributed by atoms with E-state index in [1.54, 1.807) is 33.7 Å². The largest absolute Gasteiger partial charge is 0.383 e. The van der Waals surface area contributed by atoms with Gasteiger partial charge in [-0.2, -0.15) is 0 Å². The third-order valence-electron chi connectivity index (χ3n) is 6.59. The first-order valence-corrected chi connectivity index (χ1v) is 11.6. The van der Waals surface area contributed by atoms with Gasteiger partial charge in [0.1, 0.15) is 46.6 Å². The molecule has 0 unspecified atom stereocenters. The van der Waals surface area contributed by atoms with Crippen molar-refractivity contribution in [3.05, 3.63) is 53.1 Å². The number of rotatable bonds is 4. The third-order valence-corrected chi connectivity index (χ3v) is 7.03. The lowest BCUT2D eigenvalue weighted by Crippen LogP contribution is -2.46. The number of fused-ring (bicyclic) bond motifs is 4. The average Bonchev–Trinajstić information content (AvgIpc) is 3.35. The lowest BCUT2D eigenvalue weighted by Gasteiger charge is -2.27. The summed E-state index contributed by atoms with van der Waals surface area (Å²) < 4.78 is 16.4. The number of hydrogen-bond donors (Lipinski definition) is 2. The van der Waals surface area contributed by atoms with E-state index in [-0.39, 0.29) is 30.2 Å². The standard InChI is InChI=1S/C23H19BrFN7O2/c24-17-2-1-3-18(29-17)30-23(34)16-7-11-6-14(11)32(16)19(33)9-31-15-8-12(25)4-5-13(15)20-21(26)27-10-28-22(20)31/h1-5,8,10-11,14,16H,6-7,9H2,(H2,26,27,28)(H,29,30,34)/t11-,14-,16+/m1/s1. The van der Waals surface area contributed by atoms with Crippen molar-refractivity contribution in [3.63, 3.8) is 0 Å². The molecule has 4 aromatic rings. The predicted octanol–water partition coefficient (Wildman–Crippen LogP) is 3.09. The van der Waals surface area contributed by atoms with Crippen LogP contribution in [0.15, 0.2) is 47.3 Å². The zero-order chi connectivity index (χ0) is 23.6. The molecule has 34 heavy (non-hydrogen) atoms. The van der Waals surface area contributed by atoms with Crippen LogP contribution in [0.5, 0.6) is 0 Å². The summed E-state index contributed by atoms with van der Waals surface area (Å²) in [6, 6.07) is 8.98. The summed E-state index contributed by atoms with van der Waals surface area (Å²) in [7, 11) is 0. The van der Waals surface area contributed by atoms with Crippen LogP contribution in [0.2, 0.25) is 0 Å². The molecule has 4 heterocycles. The Morgan fingerprint density at radius 1 is 1.21 bits per heavy atom. The highest BCUT2D eigenvalue weighted by atomic mass is 79.9. The van der Waals surface area contributed by atoms with Gasteiger partial charge in [0.05, 0.1) is 10.9 Å². The van der Waals surface area contributed by atoms with Gasteiger partial charge in [-0.1, -0.05) is 6.07 Å². The van der Waals surface area contributed by atoms with Gasteiger partial charge in [-0.05, 0) is 65.0 Å². The van der Waals surface area contributed by atoms with Gasteiger partial charge in [-0.25, -0.2) is 19.3 Å². The van der Waals surface area contributed by atoms with Crippen molar-refractivity contribution in [2.24, 2.45) is 5.92 Å². The highest BCUT2D eigenvalue weighted by Crippen LogP contribution is 2.48. The summed E-state index contributed by atoms with van der Waals surface area (Å²) in [5.74, 6) is 0.0486. The topological polar surface area (TPSA) is 119 Å². The van der Waals surface area contributed by atoms with Crippen LogP contribution in [0.3, 0.4) is 0 Å². The number of likely N-dealkylation sites (tertiary alicyclic amines) is 1. The number of benzene rings is 1. The van der Waals surface area contributed by atoms with Crippen molar-refractivity contribution in [1.29, 1.82) is 0 Å². The van der Waals surface area contributed by atoms with E-state index in [0.29, 0.717) is 44.7 Å². The van der Waals surface area contributed by atoms with E-state index in [1.165, 1.54) is 18.5 Å². The summed E-state index contributed by atoms with van der Waals surface area (Å²) in [6.07, 6.45) is 2.80. The Labute approximate surface area is 201 Å². The first-order valence-electron chi connectivity index (χ1n) is 10.8. The van der Waals surface area contributed by atoms with Crippen LogP contribution in [-0.2, 0) is 16.1 Å². The van der Waals surface area contributed by atoms with E-state index in [0.717, 1.165) is 6.42 Å². The maximum Gasteiger partial charge on any atom is 0.248 e. The van der Waals surface area contributed by atoms with Crippen molar-refractivity contribution >= 4 is 61.3 Å². The number of pyridine rings is 1. The number of carbonyl (C=O) groups excluding carboxylic acids is 2. The number of nitrogen functional groups attached to an aromatic ring is 1. The molecule has 172 valence electrons. The van der Waals surface area contributed by atoms with Crippen molar-refractivity contribution in [2.75, 3.05) is 11.1 Å². The highest BCUT2D eigenvalue weighted by molar-refractivity contribution is 9.10. The minimum Gasteiger partial charge on any atom is -0.383 e. The molecule has 2 fully saturated rings. The first kappa shape index (κ1) is 21.0. The average molecular weight is 524 g/mol. The molecule has 3 N–H and O–H groups in total. The smallest absolute Gasteiger partial charge is 0.248 e. The summed E-state index contributed by atoms with van der Waals surface area (Å²) in [5.41, 5.74) is 7.04. The fourth-order valence-corrected chi connectivity index (χ4v) is 5.36. The summed E-state index contributed by atoms with van der Waals surface area (Å²) >= 11 is 3.29. The number of anilines is 2. The van der Waals surface area contributed by atoms with Gasteiger partial charge in [0, 0.05) is 11.4 Å². The Kier molecular flexibility index (Phi) is 4.76. The molecule has 3 atom stereocenters. The van der Waals surface area contributed by atoms with E-state index in [1.807, 2.05) is 0 Å². The van der Waals surface area contributed by atoms with E-state index >= 15 is 0 Å². The normalized spacial score (nSPS) is 21.1. The molecule has 1 aliphatic carbocycles. The van der Waals surface area contributed by atoms with Crippen LogP contribution in [0.1, 0.15) is 12.8 Å². The van der Waals surface area contributed by atoms with E-state index in [9.17, 15) is 14.0 Å². The molecule has 9 nitrogen and oxygen atoms in total. The van der Waals surface area contributed by atoms with Gasteiger partial charge >= 0.3 is 0 Å². The van der Waals surface area contributed by atoms with Gasteiger partial charge in [0.15, 0.2) is 0 Å². The molecule has 1 aliphatic heterocycles. The molecular formula is C23H19BrFN7O2. The molecule has 3 aromatic heterocycles. The number of carbonyl (C=O) groups is 2. The van der Waals surface area contributed by atoms with Gasteiger partial charge in [-0.3, -0.25) is 9.59 Å². The molecule has 0 bridgehead atoms.